The molecule has 0 radical (unpaired) electrons. The number of hydrogen-bond donors (Lipinski definition) is 1. The molecular formula is C21H23ClN4O. The smallest absolute Gasteiger partial charge is 0.220 e. The van der Waals surface area contributed by atoms with Crippen molar-refractivity contribution in [2.75, 3.05) is 0 Å². The predicted octanol–water partition coefficient (Wildman–Crippen LogP) is 4.09. The second-order valence-electron chi connectivity index (χ2n) is 6.59. The van der Waals surface area contributed by atoms with Gasteiger partial charge >= 0.3 is 0 Å². The van der Waals surface area contributed by atoms with Crippen LogP contribution in [0.2, 0.25) is 5.02 Å². The van der Waals surface area contributed by atoms with Gasteiger partial charge in [0.25, 0.3) is 0 Å². The lowest BCUT2D eigenvalue weighted by Gasteiger charge is -2.08. The van der Waals surface area contributed by atoms with Crippen LogP contribution < -0.4 is 5.32 Å². The first-order valence-electron chi connectivity index (χ1n) is 8.94. The standard InChI is InChI=1S/C21H23ClN4O/c1-14-7-8-18(12-20(14)22)26-16(3)19(15(2)25-26)9-10-21(27)24-13-17-6-4-5-11-23-17/h4-8,11-12H,9-10,13H2,1-3H3,(H,24,27). The van der Waals surface area contributed by atoms with Gasteiger partial charge in [0, 0.05) is 23.3 Å². The average Bonchev–Trinajstić information content (AvgIpc) is 2.95. The lowest BCUT2D eigenvalue weighted by Crippen LogP contribution is -2.23. The van der Waals surface area contributed by atoms with Gasteiger partial charge in [-0.3, -0.25) is 9.78 Å². The van der Waals surface area contributed by atoms with E-state index in [1.807, 2.05) is 61.9 Å². The summed E-state index contributed by atoms with van der Waals surface area (Å²) in [7, 11) is 0. The zero-order chi connectivity index (χ0) is 19.4. The number of carbonyl (C=O) groups is 1. The summed E-state index contributed by atoms with van der Waals surface area (Å²) in [6.45, 7) is 6.41. The van der Waals surface area contributed by atoms with Crippen LogP contribution in [0.15, 0.2) is 42.6 Å². The van der Waals surface area contributed by atoms with Gasteiger partial charge < -0.3 is 5.32 Å². The molecule has 5 nitrogen and oxygen atoms in total. The van der Waals surface area contributed by atoms with Gasteiger partial charge in [-0.2, -0.15) is 5.10 Å². The number of aromatic nitrogens is 3. The molecule has 0 saturated carbocycles. The highest BCUT2D eigenvalue weighted by Gasteiger charge is 2.14. The maximum absolute atomic E-state index is 12.2. The molecule has 6 heteroatoms. The maximum Gasteiger partial charge on any atom is 0.220 e. The van der Waals surface area contributed by atoms with E-state index in [0.29, 0.717) is 19.4 Å². The van der Waals surface area contributed by atoms with Crippen LogP contribution >= 0.6 is 11.6 Å². The fourth-order valence-electron chi connectivity index (χ4n) is 3.02. The Balaban J connectivity index is 1.66. The summed E-state index contributed by atoms with van der Waals surface area (Å²) in [5.41, 5.74) is 5.87. The van der Waals surface area contributed by atoms with Crippen LogP contribution in [0.5, 0.6) is 0 Å². The van der Waals surface area contributed by atoms with E-state index < -0.39 is 0 Å². The summed E-state index contributed by atoms with van der Waals surface area (Å²) in [5, 5.41) is 8.27. The molecule has 1 N–H and O–H groups in total. The Hall–Kier alpha value is -2.66. The fourth-order valence-corrected chi connectivity index (χ4v) is 3.20. The van der Waals surface area contributed by atoms with Crippen molar-refractivity contribution in [1.82, 2.24) is 20.1 Å². The second-order valence-corrected chi connectivity index (χ2v) is 7.00. The molecule has 0 unspecified atom stereocenters. The Morgan fingerprint density at radius 3 is 2.70 bits per heavy atom. The normalized spacial score (nSPS) is 10.8. The van der Waals surface area contributed by atoms with Crippen LogP contribution in [0.1, 0.15) is 34.6 Å². The van der Waals surface area contributed by atoms with Crippen molar-refractivity contribution >= 4 is 17.5 Å². The van der Waals surface area contributed by atoms with Gasteiger partial charge in [-0.1, -0.05) is 23.7 Å². The summed E-state index contributed by atoms with van der Waals surface area (Å²) in [6.07, 6.45) is 2.78. The minimum atomic E-state index is 0.00517. The average molecular weight is 383 g/mol. The quantitative estimate of drug-likeness (QED) is 0.698. The summed E-state index contributed by atoms with van der Waals surface area (Å²) in [5.74, 6) is 0.00517. The first-order chi connectivity index (χ1) is 13.0. The van der Waals surface area contributed by atoms with Crippen LogP contribution in [-0.4, -0.2) is 20.7 Å². The first kappa shape index (κ1) is 19.1. The molecule has 0 aliphatic heterocycles. The molecule has 27 heavy (non-hydrogen) atoms. The van der Waals surface area contributed by atoms with E-state index in [9.17, 15) is 4.79 Å². The molecule has 0 atom stereocenters. The molecule has 0 saturated heterocycles. The Morgan fingerprint density at radius 2 is 2.00 bits per heavy atom. The minimum absolute atomic E-state index is 0.00517. The van der Waals surface area contributed by atoms with E-state index in [-0.39, 0.29) is 5.91 Å². The van der Waals surface area contributed by atoms with Crippen molar-refractivity contribution < 1.29 is 4.79 Å². The van der Waals surface area contributed by atoms with Crippen molar-refractivity contribution in [3.8, 4) is 5.69 Å². The minimum Gasteiger partial charge on any atom is -0.350 e. The SMILES string of the molecule is Cc1ccc(-n2nc(C)c(CCC(=O)NCc3ccccn3)c2C)cc1Cl. The third-order valence-electron chi connectivity index (χ3n) is 4.64. The fraction of sp³-hybridized carbons (Fsp3) is 0.286. The summed E-state index contributed by atoms with van der Waals surface area (Å²) in [4.78, 5) is 16.4. The molecule has 1 aromatic carbocycles. The van der Waals surface area contributed by atoms with Crippen LogP contribution in [0, 0.1) is 20.8 Å². The largest absolute Gasteiger partial charge is 0.350 e. The monoisotopic (exact) mass is 382 g/mol. The van der Waals surface area contributed by atoms with Crippen LogP contribution in [-0.2, 0) is 17.8 Å². The van der Waals surface area contributed by atoms with E-state index in [1.54, 1.807) is 6.20 Å². The number of amides is 1. The van der Waals surface area contributed by atoms with E-state index in [2.05, 4.69) is 15.4 Å². The molecule has 2 aromatic heterocycles. The van der Waals surface area contributed by atoms with E-state index in [0.717, 1.165) is 38.9 Å². The van der Waals surface area contributed by atoms with Crippen molar-refractivity contribution in [2.45, 2.75) is 40.2 Å². The highest BCUT2D eigenvalue weighted by Crippen LogP contribution is 2.23. The van der Waals surface area contributed by atoms with Gasteiger partial charge in [0.05, 0.1) is 23.6 Å². The number of pyridine rings is 1. The third kappa shape index (κ3) is 4.55. The van der Waals surface area contributed by atoms with Gasteiger partial charge in [-0.05, 0) is 62.6 Å². The van der Waals surface area contributed by atoms with Crippen molar-refractivity contribution in [1.29, 1.82) is 0 Å². The molecule has 0 bridgehead atoms. The van der Waals surface area contributed by atoms with Crippen molar-refractivity contribution in [3.63, 3.8) is 0 Å². The highest BCUT2D eigenvalue weighted by molar-refractivity contribution is 6.31. The third-order valence-corrected chi connectivity index (χ3v) is 5.04. The van der Waals surface area contributed by atoms with Gasteiger partial charge in [0.1, 0.15) is 0 Å². The Bertz CT molecular complexity index is 950. The number of rotatable bonds is 6. The second kappa shape index (κ2) is 8.35. The van der Waals surface area contributed by atoms with Gasteiger partial charge in [0.15, 0.2) is 0 Å². The lowest BCUT2D eigenvalue weighted by molar-refractivity contribution is -0.121. The van der Waals surface area contributed by atoms with Gasteiger partial charge in [0.2, 0.25) is 5.91 Å². The number of benzene rings is 1. The first-order valence-corrected chi connectivity index (χ1v) is 9.31. The van der Waals surface area contributed by atoms with E-state index in [1.165, 1.54) is 0 Å². The number of nitrogens with zero attached hydrogens (tertiary/aromatic N) is 3. The predicted molar refractivity (Wildman–Crippen MR) is 107 cm³/mol. The van der Waals surface area contributed by atoms with E-state index in [4.69, 9.17) is 11.6 Å². The Kier molecular flexibility index (Phi) is 5.91. The number of nitrogens with one attached hydrogen (secondary N) is 1. The molecule has 0 fully saturated rings. The molecule has 0 aliphatic carbocycles. The summed E-state index contributed by atoms with van der Waals surface area (Å²) in [6, 6.07) is 11.6. The zero-order valence-corrected chi connectivity index (χ0v) is 16.5. The highest BCUT2D eigenvalue weighted by atomic mass is 35.5. The number of halogens is 1. The number of carbonyl (C=O) groups excluding carboxylic acids is 1. The summed E-state index contributed by atoms with van der Waals surface area (Å²) >= 11 is 6.25. The van der Waals surface area contributed by atoms with Crippen LogP contribution in [0.3, 0.4) is 0 Å². The van der Waals surface area contributed by atoms with Gasteiger partial charge in [-0.15, -0.1) is 0 Å². The van der Waals surface area contributed by atoms with Crippen LogP contribution in [0.4, 0.5) is 0 Å². The Morgan fingerprint density at radius 1 is 1.19 bits per heavy atom. The molecular weight excluding hydrogens is 360 g/mol. The molecule has 3 aromatic rings. The van der Waals surface area contributed by atoms with Crippen molar-refractivity contribution in [3.05, 3.63) is 75.8 Å². The molecule has 140 valence electrons. The number of aryl methyl sites for hydroxylation is 2. The van der Waals surface area contributed by atoms with E-state index >= 15 is 0 Å². The molecule has 2 heterocycles. The van der Waals surface area contributed by atoms with Gasteiger partial charge in [-0.25, -0.2) is 4.68 Å². The lowest BCUT2D eigenvalue weighted by atomic mass is 10.1. The zero-order valence-electron chi connectivity index (χ0n) is 15.8. The van der Waals surface area contributed by atoms with Crippen LogP contribution in [0.25, 0.3) is 5.69 Å². The molecule has 0 spiro atoms. The Labute approximate surface area is 164 Å². The topological polar surface area (TPSA) is 59.8 Å². The molecule has 1 amide bonds. The summed E-state index contributed by atoms with van der Waals surface area (Å²) < 4.78 is 1.89. The van der Waals surface area contributed by atoms with Crippen molar-refractivity contribution in [2.24, 2.45) is 0 Å². The molecule has 3 rings (SSSR count). The number of hydrogen-bond acceptors (Lipinski definition) is 3. The molecule has 0 aliphatic rings. The maximum atomic E-state index is 12.2.